The molecule has 0 aliphatic heterocycles. The van der Waals surface area contributed by atoms with Gasteiger partial charge in [-0.15, -0.1) is 0 Å². The summed E-state index contributed by atoms with van der Waals surface area (Å²) in [6.45, 7) is 1.02. The van der Waals surface area contributed by atoms with Crippen LogP contribution in [0.15, 0.2) is 18.2 Å². The van der Waals surface area contributed by atoms with E-state index in [9.17, 15) is 15.0 Å². The third kappa shape index (κ3) is 2.64. The van der Waals surface area contributed by atoms with Crippen LogP contribution in [0.4, 0.5) is 0 Å². The number of hydrogen-bond donors (Lipinski definition) is 3. The molecule has 0 heterocycles. The number of phenols is 2. The summed E-state index contributed by atoms with van der Waals surface area (Å²) in [5.41, 5.74) is 5.44. The van der Waals surface area contributed by atoms with Crippen LogP contribution in [0.3, 0.4) is 0 Å². The third-order valence-corrected chi connectivity index (χ3v) is 2.29. The number of para-hydroxylation sites is 1. The van der Waals surface area contributed by atoms with E-state index in [1.807, 2.05) is 0 Å². The van der Waals surface area contributed by atoms with E-state index in [1.165, 1.54) is 23.1 Å². The molecule has 0 fully saturated rings. The molecule has 4 N–H and O–H groups in total. The minimum Gasteiger partial charge on any atom is -0.504 e. The van der Waals surface area contributed by atoms with Crippen LogP contribution in [0.5, 0.6) is 11.5 Å². The number of amides is 1. The molecule has 0 aliphatic carbocycles. The number of phenolic OH excluding ortho intramolecular Hbond substituents is 2. The van der Waals surface area contributed by atoms with Crippen molar-refractivity contribution in [1.29, 1.82) is 0 Å². The fraction of sp³-hybridized carbons (Fsp3) is 0.364. The second kappa shape index (κ2) is 5.37. The number of carbonyl (C=O) groups is 1. The number of aromatic hydroxyl groups is 2. The summed E-state index contributed by atoms with van der Waals surface area (Å²) < 4.78 is 0. The lowest BCUT2D eigenvalue weighted by Gasteiger charge is -2.17. The SMILES string of the molecule is CN(CCCN)C(=O)c1cccc(O)c1O. The normalized spacial score (nSPS) is 10.1. The molecular weight excluding hydrogens is 208 g/mol. The van der Waals surface area contributed by atoms with Crippen molar-refractivity contribution >= 4 is 5.91 Å². The Morgan fingerprint density at radius 1 is 1.44 bits per heavy atom. The molecule has 1 aromatic rings. The van der Waals surface area contributed by atoms with Crippen LogP contribution >= 0.6 is 0 Å². The van der Waals surface area contributed by atoms with Crippen LogP contribution in [0, 0.1) is 0 Å². The van der Waals surface area contributed by atoms with Crippen molar-refractivity contribution in [2.45, 2.75) is 6.42 Å². The first-order valence-corrected chi connectivity index (χ1v) is 5.04. The lowest BCUT2D eigenvalue weighted by molar-refractivity contribution is 0.0790. The average molecular weight is 224 g/mol. The van der Waals surface area contributed by atoms with Crippen molar-refractivity contribution in [2.24, 2.45) is 5.73 Å². The molecule has 0 aromatic heterocycles. The van der Waals surface area contributed by atoms with Crippen molar-refractivity contribution in [3.63, 3.8) is 0 Å². The van der Waals surface area contributed by atoms with E-state index in [-0.39, 0.29) is 23.0 Å². The Kier molecular flexibility index (Phi) is 4.13. The highest BCUT2D eigenvalue weighted by atomic mass is 16.3. The molecule has 0 radical (unpaired) electrons. The topological polar surface area (TPSA) is 86.8 Å². The highest BCUT2D eigenvalue weighted by molar-refractivity contribution is 5.97. The number of benzene rings is 1. The molecule has 5 heteroatoms. The molecule has 0 unspecified atom stereocenters. The predicted molar refractivity (Wildman–Crippen MR) is 60.4 cm³/mol. The van der Waals surface area contributed by atoms with Gasteiger partial charge in [0.25, 0.3) is 5.91 Å². The molecule has 0 saturated heterocycles. The summed E-state index contributed by atoms with van der Waals surface area (Å²) in [7, 11) is 1.63. The summed E-state index contributed by atoms with van der Waals surface area (Å²) in [4.78, 5) is 13.3. The monoisotopic (exact) mass is 224 g/mol. The predicted octanol–water partition coefficient (Wildman–Crippen LogP) is 0.519. The highest BCUT2D eigenvalue weighted by Gasteiger charge is 2.17. The van der Waals surface area contributed by atoms with Gasteiger partial charge in [-0.05, 0) is 25.1 Å². The molecule has 1 rings (SSSR count). The van der Waals surface area contributed by atoms with Gasteiger partial charge in [-0.1, -0.05) is 6.07 Å². The molecule has 88 valence electrons. The zero-order valence-corrected chi connectivity index (χ0v) is 9.18. The third-order valence-electron chi connectivity index (χ3n) is 2.29. The number of nitrogens with zero attached hydrogens (tertiary/aromatic N) is 1. The Hall–Kier alpha value is -1.75. The van der Waals surface area contributed by atoms with E-state index in [0.29, 0.717) is 19.5 Å². The van der Waals surface area contributed by atoms with Gasteiger partial charge in [-0.25, -0.2) is 0 Å². The van der Waals surface area contributed by atoms with Crippen LogP contribution in [0.2, 0.25) is 0 Å². The average Bonchev–Trinajstić information content (AvgIpc) is 2.28. The minimum atomic E-state index is -0.382. The maximum atomic E-state index is 11.8. The highest BCUT2D eigenvalue weighted by Crippen LogP contribution is 2.28. The summed E-state index contributed by atoms with van der Waals surface area (Å²) in [6.07, 6.45) is 0.696. The van der Waals surface area contributed by atoms with E-state index >= 15 is 0 Å². The molecule has 5 nitrogen and oxygen atoms in total. The van der Waals surface area contributed by atoms with E-state index in [1.54, 1.807) is 7.05 Å². The first-order valence-electron chi connectivity index (χ1n) is 5.04. The van der Waals surface area contributed by atoms with Gasteiger partial charge in [0, 0.05) is 13.6 Å². The Morgan fingerprint density at radius 3 is 2.75 bits per heavy atom. The van der Waals surface area contributed by atoms with E-state index in [4.69, 9.17) is 5.73 Å². The molecule has 1 aromatic carbocycles. The molecule has 0 bridgehead atoms. The summed E-state index contributed by atoms with van der Waals surface area (Å²) in [5, 5.41) is 18.8. The van der Waals surface area contributed by atoms with E-state index in [0.717, 1.165) is 0 Å². The molecule has 0 atom stereocenters. The molecule has 0 saturated carbocycles. The molecule has 0 aliphatic rings. The molecule has 0 spiro atoms. The smallest absolute Gasteiger partial charge is 0.257 e. The number of rotatable bonds is 4. The Balaban J connectivity index is 2.84. The number of nitrogens with two attached hydrogens (primary N) is 1. The summed E-state index contributed by atoms with van der Waals surface area (Å²) in [5.74, 6) is -1.01. The number of hydrogen-bond acceptors (Lipinski definition) is 4. The molecule has 16 heavy (non-hydrogen) atoms. The fourth-order valence-corrected chi connectivity index (χ4v) is 1.34. The van der Waals surface area contributed by atoms with Crippen molar-refractivity contribution in [1.82, 2.24) is 4.90 Å². The lowest BCUT2D eigenvalue weighted by Crippen LogP contribution is -2.29. The second-order valence-electron chi connectivity index (χ2n) is 3.54. The van der Waals surface area contributed by atoms with Crippen molar-refractivity contribution < 1.29 is 15.0 Å². The Labute approximate surface area is 94.1 Å². The minimum absolute atomic E-state index is 0.0968. The molecule has 1 amide bonds. The van der Waals surface area contributed by atoms with Crippen LogP contribution in [0.1, 0.15) is 16.8 Å². The zero-order valence-electron chi connectivity index (χ0n) is 9.18. The van der Waals surface area contributed by atoms with Gasteiger partial charge in [0.15, 0.2) is 11.5 Å². The second-order valence-corrected chi connectivity index (χ2v) is 3.54. The standard InChI is InChI=1S/C11H16N2O3/c1-13(7-3-6-12)11(16)8-4-2-5-9(14)10(8)15/h2,4-5,14-15H,3,6-7,12H2,1H3. The summed E-state index contributed by atoms with van der Waals surface area (Å²) >= 11 is 0. The van der Waals surface area contributed by atoms with Crippen LogP contribution in [-0.2, 0) is 0 Å². The quantitative estimate of drug-likeness (QED) is 0.651. The van der Waals surface area contributed by atoms with E-state index in [2.05, 4.69) is 0 Å². The van der Waals surface area contributed by atoms with Crippen molar-refractivity contribution in [2.75, 3.05) is 20.1 Å². The van der Waals surface area contributed by atoms with Crippen molar-refractivity contribution in [3.8, 4) is 11.5 Å². The van der Waals surface area contributed by atoms with Crippen LogP contribution in [0.25, 0.3) is 0 Å². The van der Waals surface area contributed by atoms with Crippen molar-refractivity contribution in [3.05, 3.63) is 23.8 Å². The maximum absolute atomic E-state index is 11.8. The van der Waals surface area contributed by atoms with Crippen LogP contribution in [-0.4, -0.2) is 41.2 Å². The Bertz CT molecular complexity index is 379. The van der Waals surface area contributed by atoms with Gasteiger partial charge >= 0.3 is 0 Å². The van der Waals surface area contributed by atoms with Gasteiger partial charge in [0.2, 0.25) is 0 Å². The first-order chi connectivity index (χ1) is 7.57. The number of carbonyl (C=O) groups excluding carboxylic acids is 1. The fourth-order valence-electron chi connectivity index (χ4n) is 1.34. The molecular formula is C11H16N2O3. The van der Waals surface area contributed by atoms with Crippen LogP contribution < -0.4 is 5.73 Å². The first kappa shape index (κ1) is 12.3. The van der Waals surface area contributed by atoms with Gasteiger partial charge in [-0.3, -0.25) is 4.79 Å². The van der Waals surface area contributed by atoms with E-state index < -0.39 is 0 Å². The van der Waals surface area contributed by atoms with Gasteiger partial charge in [-0.2, -0.15) is 0 Å². The maximum Gasteiger partial charge on any atom is 0.257 e. The lowest BCUT2D eigenvalue weighted by atomic mass is 10.1. The van der Waals surface area contributed by atoms with Gasteiger partial charge in [0.1, 0.15) is 0 Å². The van der Waals surface area contributed by atoms with Gasteiger partial charge < -0.3 is 20.8 Å². The largest absolute Gasteiger partial charge is 0.504 e. The zero-order chi connectivity index (χ0) is 12.1. The Morgan fingerprint density at radius 2 is 2.12 bits per heavy atom. The van der Waals surface area contributed by atoms with Gasteiger partial charge in [0.05, 0.1) is 5.56 Å². The summed E-state index contributed by atoms with van der Waals surface area (Å²) in [6, 6.07) is 4.31.